The van der Waals surface area contributed by atoms with E-state index >= 15 is 0 Å². The molecule has 0 bridgehead atoms. The zero-order valence-corrected chi connectivity index (χ0v) is 10.9. The van der Waals surface area contributed by atoms with Gasteiger partial charge in [0.1, 0.15) is 17.6 Å². The smallest absolute Gasteiger partial charge is 0.143 e. The number of hydrogen-bond donors (Lipinski definition) is 1. The molecule has 1 atom stereocenters. The second kappa shape index (κ2) is 5.18. The molecule has 1 unspecified atom stereocenters. The van der Waals surface area contributed by atoms with Gasteiger partial charge in [0.05, 0.1) is 6.54 Å². The number of aryl methyl sites for hydroxylation is 1. The monoisotopic (exact) mass is 252 g/mol. The van der Waals surface area contributed by atoms with E-state index in [1.54, 1.807) is 0 Å². The molecule has 0 saturated carbocycles. The highest BCUT2D eigenvalue weighted by atomic mass is 15.1. The first-order chi connectivity index (χ1) is 9.34. The lowest BCUT2D eigenvalue weighted by molar-refractivity contribution is 0.864. The molecule has 2 aromatic rings. The Morgan fingerprint density at radius 2 is 2.00 bits per heavy atom. The number of amidine groups is 1. The minimum Gasteiger partial charge on any atom is -0.371 e. The molecular weight excluding hydrogens is 236 g/mol. The summed E-state index contributed by atoms with van der Waals surface area (Å²) in [5.74, 6) is 1.78. The zero-order valence-electron chi connectivity index (χ0n) is 10.9. The van der Waals surface area contributed by atoms with Crippen molar-refractivity contribution in [3.63, 3.8) is 0 Å². The fourth-order valence-electron chi connectivity index (χ4n) is 2.29. The topological polar surface area (TPSA) is 50.2 Å². The Balaban J connectivity index is 2.06. The standard InChI is InChI=1S/C15H16N4/c1-11-7-8-16-15(19-11)13(14-17-9-10-18-14)12-5-3-2-4-6-12/h2-8,13H,9-10H2,1H3,(H,17,18). The van der Waals surface area contributed by atoms with Crippen LogP contribution in [0.1, 0.15) is 23.0 Å². The van der Waals surface area contributed by atoms with Crippen LogP contribution >= 0.6 is 0 Å². The Kier molecular flexibility index (Phi) is 3.23. The minimum absolute atomic E-state index is 0.00333. The molecule has 0 saturated heterocycles. The highest BCUT2D eigenvalue weighted by Crippen LogP contribution is 2.23. The van der Waals surface area contributed by atoms with Crippen LogP contribution in [-0.2, 0) is 0 Å². The minimum atomic E-state index is 0.00333. The maximum absolute atomic E-state index is 4.56. The third kappa shape index (κ3) is 2.47. The molecule has 0 amide bonds. The molecule has 0 spiro atoms. The molecule has 0 aliphatic carbocycles. The van der Waals surface area contributed by atoms with E-state index < -0.39 is 0 Å². The van der Waals surface area contributed by atoms with Gasteiger partial charge in [-0.05, 0) is 18.6 Å². The van der Waals surface area contributed by atoms with Crippen molar-refractivity contribution in [2.75, 3.05) is 13.1 Å². The first-order valence-electron chi connectivity index (χ1n) is 6.47. The summed E-state index contributed by atoms with van der Waals surface area (Å²) >= 11 is 0. The van der Waals surface area contributed by atoms with E-state index in [-0.39, 0.29) is 5.92 Å². The van der Waals surface area contributed by atoms with Gasteiger partial charge in [0.15, 0.2) is 0 Å². The largest absolute Gasteiger partial charge is 0.371 e. The predicted octanol–water partition coefficient (Wildman–Crippen LogP) is 1.92. The van der Waals surface area contributed by atoms with Crippen molar-refractivity contribution >= 4 is 5.84 Å². The van der Waals surface area contributed by atoms with Crippen LogP contribution in [0.5, 0.6) is 0 Å². The van der Waals surface area contributed by atoms with E-state index in [1.807, 2.05) is 37.4 Å². The van der Waals surface area contributed by atoms with Crippen molar-refractivity contribution in [3.8, 4) is 0 Å². The Morgan fingerprint density at radius 3 is 2.68 bits per heavy atom. The zero-order chi connectivity index (χ0) is 13.1. The molecular formula is C15H16N4. The summed E-state index contributed by atoms with van der Waals surface area (Å²) in [5.41, 5.74) is 2.14. The average molecular weight is 252 g/mol. The number of nitrogens with zero attached hydrogens (tertiary/aromatic N) is 3. The number of hydrogen-bond acceptors (Lipinski definition) is 4. The quantitative estimate of drug-likeness (QED) is 0.908. The molecule has 1 aliphatic rings. The Bertz CT molecular complexity index is 592. The second-order valence-corrected chi connectivity index (χ2v) is 4.59. The lowest BCUT2D eigenvalue weighted by Crippen LogP contribution is -2.27. The predicted molar refractivity (Wildman–Crippen MR) is 75.4 cm³/mol. The highest BCUT2D eigenvalue weighted by Gasteiger charge is 2.25. The number of benzene rings is 1. The summed E-state index contributed by atoms with van der Waals surface area (Å²) in [6.45, 7) is 3.70. The van der Waals surface area contributed by atoms with E-state index in [0.29, 0.717) is 0 Å². The number of aromatic nitrogens is 2. The molecule has 19 heavy (non-hydrogen) atoms. The summed E-state index contributed by atoms with van der Waals surface area (Å²) in [4.78, 5) is 13.5. The van der Waals surface area contributed by atoms with Crippen LogP contribution < -0.4 is 5.32 Å². The maximum atomic E-state index is 4.56. The van der Waals surface area contributed by atoms with Gasteiger partial charge in [0.25, 0.3) is 0 Å². The third-order valence-corrected chi connectivity index (χ3v) is 3.18. The second-order valence-electron chi connectivity index (χ2n) is 4.59. The molecule has 96 valence electrons. The Hall–Kier alpha value is -2.23. The number of rotatable bonds is 3. The Morgan fingerprint density at radius 1 is 1.16 bits per heavy atom. The first kappa shape index (κ1) is 11.8. The lowest BCUT2D eigenvalue weighted by atomic mass is 9.97. The summed E-state index contributed by atoms with van der Waals surface area (Å²) in [5, 5.41) is 3.34. The van der Waals surface area contributed by atoms with Crippen molar-refractivity contribution in [3.05, 3.63) is 59.7 Å². The van der Waals surface area contributed by atoms with Gasteiger partial charge in [0, 0.05) is 18.4 Å². The maximum Gasteiger partial charge on any atom is 0.143 e. The molecule has 1 N–H and O–H groups in total. The van der Waals surface area contributed by atoms with Gasteiger partial charge < -0.3 is 5.32 Å². The highest BCUT2D eigenvalue weighted by molar-refractivity contribution is 5.92. The van der Waals surface area contributed by atoms with Gasteiger partial charge in [0.2, 0.25) is 0 Å². The molecule has 0 fully saturated rings. The summed E-state index contributed by atoms with van der Waals surface area (Å²) in [6, 6.07) is 12.2. The molecule has 1 aromatic heterocycles. The SMILES string of the molecule is Cc1ccnc(C(C2=NCCN2)c2ccccc2)n1. The van der Waals surface area contributed by atoms with Crippen LogP contribution in [0, 0.1) is 6.92 Å². The number of aliphatic imine (C=N–C) groups is 1. The van der Waals surface area contributed by atoms with Crippen molar-refractivity contribution in [1.82, 2.24) is 15.3 Å². The van der Waals surface area contributed by atoms with Crippen LogP contribution in [-0.4, -0.2) is 28.9 Å². The van der Waals surface area contributed by atoms with Crippen LogP contribution in [0.4, 0.5) is 0 Å². The van der Waals surface area contributed by atoms with Crippen LogP contribution in [0.25, 0.3) is 0 Å². The summed E-state index contributed by atoms with van der Waals surface area (Å²) in [6.07, 6.45) is 1.81. The van der Waals surface area contributed by atoms with Gasteiger partial charge in [-0.15, -0.1) is 0 Å². The van der Waals surface area contributed by atoms with E-state index in [0.717, 1.165) is 30.4 Å². The van der Waals surface area contributed by atoms with Gasteiger partial charge in [-0.2, -0.15) is 0 Å². The number of nitrogens with one attached hydrogen (secondary N) is 1. The van der Waals surface area contributed by atoms with Crippen molar-refractivity contribution in [2.24, 2.45) is 4.99 Å². The van der Waals surface area contributed by atoms with E-state index in [9.17, 15) is 0 Å². The van der Waals surface area contributed by atoms with Gasteiger partial charge in [-0.1, -0.05) is 30.3 Å². The van der Waals surface area contributed by atoms with E-state index in [4.69, 9.17) is 0 Å². The van der Waals surface area contributed by atoms with Crippen molar-refractivity contribution in [1.29, 1.82) is 0 Å². The fraction of sp³-hybridized carbons (Fsp3) is 0.267. The molecule has 3 rings (SSSR count). The fourth-order valence-corrected chi connectivity index (χ4v) is 2.29. The summed E-state index contributed by atoms with van der Waals surface area (Å²) < 4.78 is 0. The molecule has 1 aromatic carbocycles. The van der Waals surface area contributed by atoms with Crippen molar-refractivity contribution < 1.29 is 0 Å². The van der Waals surface area contributed by atoms with Gasteiger partial charge >= 0.3 is 0 Å². The molecule has 4 nitrogen and oxygen atoms in total. The summed E-state index contributed by atoms with van der Waals surface area (Å²) in [7, 11) is 0. The van der Waals surface area contributed by atoms with E-state index in [1.165, 1.54) is 5.56 Å². The molecule has 1 aliphatic heterocycles. The van der Waals surface area contributed by atoms with Crippen LogP contribution in [0.3, 0.4) is 0 Å². The Labute approximate surface area is 112 Å². The first-order valence-corrected chi connectivity index (χ1v) is 6.47. The normalized spacial score (nSPS) is 15.7. The van der Waals surface area contributed by atoms with Gasteiger partial charge in [-0.3, -0.25) is 4.99 Å². The van der Waals surface area contributed by atoms with Crippen LogP contribution in [0.15, 0.2) is 47.6 Å². The average Bonchev–Trinajstić information content (AvgIpc) is 2.94. The lowest BCUT2D eigenvalue weighted by Gasteiger charge is -2.17. The van der Waals surface area contributed by atoms with Crippen LogP contribution in [0.2, 0.25) is 0 Å². The third-order valence-electron chi connectivity index (χ3n) is 3.18. The van der Waals surface area contributed by atoms with Gasteiger partial charge in [-0.25, -0.2) is 9.97 Å². The van der Waals surface area contributed by atoms with E-state index in [2.05, 4.69) is 32.4 Å². The van der Waals surface area contributed by atoms with Crippen molar-refractivity contribution in [2.45, 2.75) is 12.8 Å². The molecule has 2 heterocycles. The molecule has 0 radical (unpaired) electrons. The molecule has 4 heteroatoms.